The van der Waals surface area contributed by atoms with Crippen molar-refractivity contribution in [2.24, 2.45) is 11.8 Å². The van der Waals surface area contributed by atoms with E-state index in [0.29, 0.717) is 0 Å². The van der Waals surface area contributed by atoms with Gasteiger partial charge in [-0.05, 0) is 42.9 Å². The molecule has 2 nitrogen and oxygen atoms in total. The average Bonchev–Trinajstić information content (AvgIpc) is 2.36. The zero-order valence-electron chi connectivity index (χ0n) is 11.7. The third kappa shape index (κ3) is 3.66. The Hall–Kier alpha value is -1.18. The molecule has 0 spiro atoms. The van der Waals surface area contributed by atoms with Crippen LogP contribution in [-0.4, -0.2) is 6.54 Å². The van der Waals surface area contributed by atoms with E-state index >= 15 is 0 Å². The second-order valence-electron chi connectivity index (χ2n) is 5.92. The predicted molar refractivity (Wildman–Crippen MR) is 79.8 cm³/mol. The van der Waals surface area contributed by atoms with Gasteiger partial charge in [0, 0.05) is 17.9 Å². The van der Waals surface area contributed by atoms with E-state index in [9.17, 15) is 0 Å². The van der Waals surface area contributed by atoms with E-state index in [1.165, 1.54) is 43.4 Å². The fourth-order valence-corrected chi connectivity index (χ4v) is 2.86. The van der Waals surface area contributed by atoms with Gasteiger partial charge in [-0.25, -0.2) is 0 Å². The molecular formula is C16H26N2. The van der Waals surface area contributed by atoms with Gasteiger partial charge in [0.1, 0.15) is 0 Å². The third-order valence-electron chi connectivity index (χ3n) is 4.27. The van der Waals surface area contributed by atoms with Gasteiger partial charge in [0.15, 0.2) is 0 Å². The number of hydrogen-bond acceptors (Lipinski definition) is 2. The highest BCUT2D eigenvalue weighted by atomic mass is 14.9. The molecule has 0 atom stereocenters. The Morgan fingerprint density at radius 3 is 2.67 bits per heavy atom. The topological polar surface area (TPSA) is 38.0 Å². The molecule has 1 saturated carbocycles. The smallest absolute Gasteiger partial charge is 0.0390 e. The number of anilines is 2. The second-order valence-corrected chi connectivity index (χ2v) is 5.92. The molecule has 1 aliphatic carbocycles. The molecule has 18 heavy (non-hydrogen) atoms. The first-order chi connectivity index (χ1) is 8.65. The van der Waals surface area contributed by atoms with Crippen molar-refractivity contribution < 1.29 is 0 Å². The van der Waals surface area contributed by atoms with E-state index in [0.717, 1.165) is 24.1 Å². The summed E-state index contributed by atoms with van der Waals surface area (Å²) in [5.74, 6) is 1.88. The standard InChI is InChI=1S/C16H26N2/c1-12-3-6-14(7-4-12)9-10-18-16-11-15(17)8-5-13(16)2/h5,8,11-12,14,18H,3-4,6-7,9-10,17H2,1-2H3. The van der Waals surface area contributed by atoms with Crippen molar-refractivity contribution in [1.82, 2.24) is 0 Å². The Morgan fingerprint density at radius 2 is 1.94 bits per heavy atom. The van der Waals surface area contributed by atoms with E-state index in [1.54, 1.807) is 0 Å². The van der Waals surface area contributed by atoms with Crippen LogP contribution in [0.1, 0.15) is 44.6 Å². The van der Waals surface area contributed by atoms with Crippen LogP contribution in [0.4, 0.5) is 11.4 Å². The summed E-state index contributed by atoms with van der Waals surface area (Å²) in [7, 11) is 0. The zero-order valence-corrected chi connectivity index (χ0v) is 11.7. The lowest BCUT2D eigenvalue weighted by Crippen LogP contribution is -2.16. The van der Waals surface area contributed by atoms with Gasteiger partial charge in [-0.1, -0.05) is 38.7 Å². The molecule has 0 unspecified atom stereocenters. The molecule has 3 N–H and O–H groups in total. The van der Waals surface area contributed by atoms with Crippen LogP contribution in [0.5, 0.6) is 0 Å². The van der Waals surface area contributed by atoms with Gasteiger partial charge in [0.05, 0.1) is 0 Å². The van der Waals surface area contributed by atoms with Crippen molar-refractivity contribution in [3.05, 3.63) is 23.8 Å². The lowest BCUT2D eigenvalue weighted by atomic mass is 9.81. The Morgan fingerprint density at radius 1 is 1.22 bits per heavy atom. The number of nitrogens with one attached hydrogen (secondary N) is 1. The van der Waals surface area contributed by atoms with Crippen LogP contribution < -0.4 is 11.1 Å². The molecule has 2 rings (SSSR count). The lowest BCUT2D eigenvalue weighted by molar-refractivity contribution is 0.282. The molecule has 1 aromatic carbocycles. The number of nitrogen functional groups attached to an aromatic ring is 1. The van der Waals surface area contributed by atoms with Crippen LogP contribution >= 0.6 is 0 Å². The summed E-state index contributed by atoms with van der Waals surface area (Å²) in [4.78, 5) is 0. The number of hydrogen-bond donors (Lipinski definition) is 2. The van der Waals surface area contributed by atoms with Crippen LogP contribution in [0.15, 0.2) is 18.2 Å². The fraction of sp³-hybridized carbons (Fsp3) is 0.625. The Bertz CT molecular complexity index is 379. The second kappa shape index (κ2) is 6.12. The third-order valence-corrected chi connectivity index (χ3v) is 4.27. The Kier molecular flexibility index (Phi) is 4.51. The summed E-state index contributed by atoms with van der Waals surface area (Å²) < 4.78 is 0. The molecule has 0 radical (unpaired) electrons. The minimum atomic E-state index is 0.842. The molecule has 0 amide bonds. The molecule has 1 aliphatic rings. The van der Waals surface area contributed by atoms with E-state index in [1.807, 2.05) is 12.1 Å². The first-order valence-electron chi connectivity index (χ1n) is 7.25. The molecule has 0 aromatic heterocycles. The number of benzene rings is 1. The van der Waals surface area contributed by atoms with Gasteiger partial charge in [-0.2, -0.15) is 0 Å². The number of rotatable bonds is 4. The van der Waals surface area contributed by atoms with Gasteiger partial charge < -0.3 is 11.1 Å². The first-order valence-corrected chi connectivity index (χ1v) is 7.25. The summed E-state index contributed by atoms with van der Waals surface area (Å²) in [6, 6.07) is 6.08. The Balaban J connectivity index is 1.76. The fourth-order valence-electron chi connectivity index (χ4n) is 2.86. The van der Waals surface area contributed by atoms with Gasteiger partial charge in [0.2, 0.25) is 0 Å². The van der Waals surface area contributed by atoms with E-state index < -0.39 is 0 Å². The minimum Gasteiger partial charge on any atom is -0.399 e. The molecule has 0 saturated heterocycles. The van der Waals surface area contributed by atoms with Gasteiger partial charge in [-0.3, -0.25) is 0 Å². The van der Waals surface area contributed by atoms with E-state index in [-0.39, 0.29) is 0 Å². The highest BCUT2D eigenvalue weighted by molar-refractivity contribution is 5.59. The maximum Gasteiger partial charge on any atom is 0.0390 e. The molecule has 0 bridgehead atoms. The monoisotopic (exact) mass is 246 g/mol. The highest BCUT2D eigenvalue weighted by Gasteiger charge is 2.17. The molecule has 0 heterocycles. The predicted octanol–water partition coefficient (Wildman–Crippen LogP) is 4.21. The molecular weight excluding hydrogens is 220 g/mol. The first kappa shape index (κ1) is 13.3. The summed E-state index contributed by atoms with van der Waals surface area (Å²) in [6.45, 7) is 5.58. The molecule has 0 aliphatic heterocycles. The van der Waals surface area contributed by atoms with Crippen molar-refractivity contribution in [2.45, 2.75) is 46.0 Å². The number of nitrogens with two attached hydrogens (primary N) is 1. The molecule has 1 fully saturated rings. The van der Waals surface area contributed by atoms with Crippen LogP contribution in [0.2, 0.25) is 0 Å². The van der Waals surface area contributed by atoms with Crippen LogP contribution in [0.25, 0.3) is 0 Å². The SMILES string of the molecule is Cc1ccc(N)cc1NCCC1CCC(C)CC1. The van der Waals surface area contributed by atoms with Crippen molar-refractivity contribution >= 4 is 11.4 Å². The van der Waals surface area contributed by atoms with Crippen LogP contribution in [-0.2, 0) is 0 Å². The van der Waals surface area contributed by atoms with Gasteiger partial charge in [-0.15, -0.1) is 0 Å². The normalized spacial score (nSPS) is 23.9. The minimum absolute atomic E-state index is 0.842. The highest BCUT2D eigenvalue weighted by Crippen LogP contribution is 2.30. The van der Waals surface area contributed by atoms with Crippen molar-refractivity contribution in [1.29, 1.82) is 0 Å². The summed E-state index contributed by atoms with van der Waals surface area (Å²) >= 11 is 0. The van der Waals surface area contributed by atoms with E-state index in [2.05, 4.69) is 25.2 Å². The maximum absolute atomic E-state index is 5.82. The van der Waals surface area contributed by atoms with Gasteiger partial charge in [0.25, 0.3) is 0 Å². The average molecular weight is 246 g/mol. The van der Waals surface area contributed by atoms with Crippen molar-refractivity contribution in [3.8, 4) is 0 Å². The largest absolute Gasteiger partial charge is 0.399 e. The summed E-state index contributed by atoms with van der Waals surface area (Å²) in [5, 5.41) is 3.53. The van der Waals surface area contributed by atoms with Crippen molar-refractivity contribution in [3.63, 3.8) is 0 Å². The lowest BCUT2D eigenvalue weighted by Gasteiger charge is -2.26. The molecule has 100 valence electrons. The Labute approximate surface area is 111 Å². The molecule has 2 heteroatoms. The van der Waals surface area contributed by atoms with Crippen molar-refractivity contribution in [2.75, 3.05) is 17.6 Å². The van der Waals surface area contributed by atoms with Crippen LogP contribution in [0.3, 0.4) is 0 Å². The van der Waals surface area contributed by atoms with Crippen LogP contribution in [0, 0.1) is 18.8 Å². The maximum atomic E-state index is 5.82. The summed E-state index contributed by atoms with van der Waals surface area (Å²) in [6.07, 6.45) is 6.96. The van der Waals surface area contributed by atoms with Gasteiger partial charge >= 0.3 is 0 Å². The molecule has 1 aromatic rings. The quantitative estimate of drug-likeness (QED) is 0.781. The number of aryl methyl sites for hydroxylation is 1. The summed E-state index contributed by atoms with van der Waals surface area (Å²) in [5.41, 5.74) is 9.13. The zero-order chi connectivity index (χ0) is 13.0. The van der Waals surface area contributed by atoms with E-state index in [4.69, 9.17) is 5.73 Å².